The van der Waals surface area contributed by atoms with E-state index in [1.165, 1.54) is 4.90 Å². The van der Waals surface area contributed by atoms with Gasteiger partial charge in [-0.2, -0.15) is 0 Å². The molecule has 0 saturated carbocycles. The van der Waals surface area contributed by atoms with Crippen molar-refractivity contribution in [3.05, 3.63) is 34.8 Å². The van der Waals surface area contributed by atoms with E-state index in [-0.39, 0.29) is 18.4 Å². The van der Waals surface area contributed by atoms with E-state index >= 15 is 0 Å². The summed E-state index contributed by atoms with van der Waals surface area (Å²) in [6.07, 6.45) is 5.32. The van der Waals surface area contributed by atoms with Crippen molar-refractivity contribution in [2.24, 2.45) is 0 Å². The van der Waals surface area contributed by atoms with E-state index in [1.807, 2.05) is 28.2 Å². The zero-order valence-electron chi connectivity index (χ0n) is 14.4. The van der Waals surface area contributed by atoms with Gasteiger partial charge in [0.05, 0.1) is 24.3 Å². The van der Waals surface area contributed by atoms with E-state index in [2.05, 4.69) is 14.5 Å². The van der Waals surface area contributed by atoms with Crippen LogP contribution in [0, 0.1) is 0 Å². The molecule has 0 aliphatic carbocycles. The van der Waals surface area contributed by atoms with Gasteiger partial charge in [0, 0.05) is 36.8 Å². The number of imidazole rings is 1. The molecule has 0 radical (unpaired) electrons. The number of hydrogen-bond acceptors (Lipinski definition) is 6. The van der Waals surface area contributed by atoms with Gasteiger partial charge in [0.2, 0.25) is 5.91 Å². The molecular formula is C17H21N5O3S. The number of hydrogen-bond donors (Lipinski definition) is 0. The molecule has 2 aliphatic heterocycles. The third kappa shape index (κ3) is 3.57. The van der Waals surface area contributed by atoms with Crippen LogP contribution in [0.15, 0.2) is 23.3 Å². The summed E-state index contributed by atoms with van der Waals surface area (Å²) < 4.78 is 7.01. The number of ether oxygens (including phenoxy) is 1. The van der Waals surface area contributed by atoms with E-state index in [4.69, 9.17) is 4.74 Å². The van der Waals surface area contributed by atoms with Crippen molar-refractivity contribution in [1.29, 1.82) is 0 Å². The molecular weight excluding hydrogens is 354 g/mol. The number of cyclic esters (lactones) is 1. The van der Waals surface area contributed by atoms with Crippen molar-refractivity contribution in [3.8, 4) is 0 Å². The molecule has 2 aliphatic rings. The maximum Gasteiger partial charge on any atom is 0.410 e. The van der Waals surface area contributed by atoms with Gasteiger partial charge in [0.25, 0.3) is 0 Å². The summed E-state index contributed by atoms with van der Waals surface area (Å²) in [6, 6.07) is 0. The summed E-state index contributed by atoms with van der Waals surface area (Å²) >= 11 is 1.58. The van der Waals surface area contributed by atoms with E-state index in [1.54, 1.807) is 11.3 Å². The minimum atomic E-state index is -0.397. The van der Waals surface area contributed by atoms with Crippen LogP contribution in [0.2, 0.25) is 0 Å². The Morgan fingerprint density at radius 3 is 3.04 bits per heavy atom. The molecule has 2 saturated heterocycles. The smallest absolute Gasteiger partial charge is 0.410 e. The molecule has 2 amide bonds. The molecule has 9 heteroatoms. The normalized spacial score (nSPS) is 20.5. The SMILES string of the molecule is O=C(CN1CCOC1=O)N1CCC[C@H](c2nccn2Cc2cscn2)C1. The summed E-state index contributed by atoms with van der Waals surface area (Å²) in [7, 11) is 0. The Morgan fingerprint density at radius 1 is 1.35 bits per heavy atom. The Labute approximate surface area is 155 Å². The second-order valence-electron chi connectivity index (χ2n) is 6.61. The highest BCUT2D eigenvalue weighted by Crippen LogP contribution is 2.26. The molecule has 0 bridgehead atoms. The zero-order chi connectivity index (χ0) is 17.9. The number of thiazole rings is 1. The van der Waals surface area contributed by atoms with Gasteiger partial charge in [-0.05, 0) is 12.8 Å². The average molecular weight is 375 g/mol. The summed E-state index contributed by atoms with van der Waals surface area (Å²) in [5, 5.41) is 2.04. The number of amides is 2. The monoisotopic (exact) mass is 375 g/mol. The van der Waals surface area contributed by atoms with E-state index < -0.39 is 6.09 Å². The lowest BCUT2D eigenvalue weighted by Gasteiger charge is -2.33. The Hall–Kier alpha value is -2.42. The maximum atomic E-state index is 12.6. The van der Waals surface area contributed by atoms with Crippen molar-refractivity contribution in [2.45, 2.75) is 25.3 Å². The first kappa shape index (κ1) is 17.0. The van der Waals surface area contributed by atoms with Gasteiger partial charge in [0.15, 0.2) is 0 Å². The summed E-state index contributed by atoms with van der Waals surface area (Å²) in [6.45, 7) is 3.01. The molecule has 0 unspecified atom stereocenters. The molecule has 2 aromatic heterocycles. The minimum absolute atomic E-state index is 0.0221. The highest BCUT2D eigenvalue weighted by atomic mass is 32.1. The zero-order valence-corrected chi connectivity index (χ0v) is 15.2. The van der Waals surface area contributed by atoms with Crippen LogP contribution in [0.4, 0.5) is 4.79 Å². The number of aromatic nitrogens is 3. The number of nitrogens with zero attached hydrogens (tertiary/aromatic N) is 5. The van der Waals surface area contributed by atoms with Gasteiger partial charge >= 0.3 is 6.09 Å². The molecule has 138 valence electrons. The molecule has 4 rings (SSSR count). The molecule has 0 spiro atoms. The topological polar surface area (TPSA) is 80.6 Å². The lowest BCUT2D eigenvalue weighted by molar-refractivity contribution is -0.133. The summed E-state index contributed by atoms with van der Waals surface area (Å²) in [5.41, 5.74) is 2.85. The van der Waals surface area contributed by atoms with Crippen LogP contribution in [0.3, 0.4) is 0 Å². The fraction of sp³-hybridized carbons (Fsp3) is 0.529. The largest absolute Gasteiger partial charge is 0.448 e. The van der Waals surface area contributed by atoms with Crippen molar-refractivity contribution in [3.63, 3.8) is 0 Å². The number of piperidine rings is 1. The third-order valence-corrected chi connectivity index (χ3v) is 5.51. The second kappa shape index (κ2) is 7.45. The first-order valence-corrected chi connectivity index (χ1v) is 9.72. The quantitative estimate of drug-likeness (QED) is 0.792. The molecule has 0 N–H and O–H groups in total. The van der Waals surface area contributed by atoms with Crippen molar-refractivity contribution < 1.29 is 14.3 Å². The van der Waals surface area contributed by atoms with Crippen LogP contribution in [-0.4, -0.2) is 69.1 Å². The predicted molar refractivity (Wildman–Crippen MR) is 94.9 cm³/mol. The first-order chi connectivity index (χ1) is 12.7. The van der Waals surface area contributed by atoms with Gasteiger partial charge < -0.3 is 14.2 Å². The highest BCUT2D eigenvalue weighted by Gasteiger charge is 2.31. The molecule has 2 fully saturated rings. The van der Waals surface area contributed by atoms with Crippen molar-refractivity contribution in [2.75, 3.05) is 32.8 Å². The maximum absolute atomic E-state index is 12.6. The fourth-order valence-corrected chi connectivity index (χ4v) is 4.10. The molecule has 8 nitrogen and oxygen atoms in total. The molecule has 2 aromatic rings. The number of carbonyl (C=O) groups excluding carboxylic acids is 2. The van der Waals surface area contributed by atoms with Crippen LogP contribution in [0.1, 0.15) is 30.3 Å². The van der Waals surface area contributed by atoms with Gasteiger partial charge in [-0.1, -0.05) is 0 Å². The molecule has 4 heterocycles. The number of rotatable bonds is 5. The van der Waals surface area contributed by atoms with Gasteiger partial charge in [-0.15, -0.1) is 11.3 Å². The third-order valence-electron chi connectivity index (χ3n) is 4.87. The van der Waals surface area contributed by atoms with Crippen molar-refractivity contribution >= 4 is 23.3 Å². The Morgan fingerprint density at radius 2 is 2.27 bits per heavy atom. The number of likely N-dealkylation sites (tertiary alicyclic amines) is 1. The summed E-state index contributed by atoms with van der Waals surface area (Å²) in [5.74, 6) is 1.18. The van der Waals surface area contributed by atoms with Crippen LogP contribution in [-0.2, 0) is 16.1 Å². The van der Waals surface area contributed by atoms with E-state index in [0.717, 1.165) is 30.9 Å². The van der Waals surface area contributed by atoms with Crippen LogP contribution >= 0.6 is 11.3 Å². The molecule has 1 atom stereocenters. The van der Waals surface area contributed by atoms with Gasteiger partial charge in [-0.3, -0.25) is 9.69 Å². The Bertz CT molecular complexity index is 775. The van der Waals surface area contributed by atoms with E-state index in [9.17, 15) is 9.59 Å². The Balaban J connectivity index is 1.41. The van der Waals surface area contributed by atoms with E-state index in [0.29, 0.717) is 26.2 Å². The molecule has 26 heavy (non-hydrogen) atoms. The average Bonchev–Trinajstić information content (AvgIpc) is 3.39. The second-order valence-corrected chi connectivity index (χ2v) is 7.33. The first-order valence-electron chi connectivity index (χ1n) is 8.78. The lowest BCUT2D eigenvalue weighted by Crippen LogP contribution is -2.45. The van der Waals surface area contributed by atoms with Crippen LogP contribution < -0.4 is 0 Å². The fourth-order valence-electron chi connectivity index (χ4n) is 3.55. The van der Waals surface area contributed by atoms with Crippen LogP contribution in [0.25, 0.3) is 0 Å². The molecule has 0 aromatic carbocycles. The predicted octanol–water partition coefficient (Wildman–Crippen LogP) is 1.55. The lowest BCUT2D eigenvalue weighted by atomic mass is 9.97. The Kier molecular flexibility index (Phi) is 4.87. The summed E-state index contributed by atoms with van der Waals surface area (Å²) in [4.78, 5) is 36.4. The van der Waals surface area contributed by atoms with Gasteiger partial charge in [-0.25, -0.2) is 14.8 Å². The highest BCUT2D eigenvalue weighted by molar-refractivity contribution is 7.07. The minimum Gasteiger partial charge on any atom is -0.448 e. The number of carbonyl (C=O) groups is 2. The van der Waals surface area contributed by atoms with Crippen molar-refractivity contribution in [1.82, 2.24) is 24.3 Å². The van der Waals surface area contributed by atoms with Crippen LogP contribution in [0.5, 0.6) is 0 Å². The standard InChI is InChI=1S/C17H21N5O3S/c23-15(10-22-6-7-25-17(22)24)20-4-1-2-13(8-20)16-18-3-5-21(16)9-14-11-26-12-19-14/h3,5,11-13H,1-2,4,6-10H2/t13-/m0/s1. The van der Waals surface area contributed by atoms with Gasteiger partial charge in [0.1, 0.15) is 19.0 Å².